The maximum absolute atomic E-state index is 13.2. The van der Waals surface area contributed by atoms with Crippen molar-refractivity contribution in [2.75, 3.05) is 26.2 Å². The standard InChI is InChI=1S/C20H22N4O2/c1-14-18(16-5-3-4-6-17(16)22(14)2)20(26)24-11-9-23(10-12-24)19(25)15-7-8-21-13-15/h3-8,13,21H,9-12H2,1-2H3. The number of nitrogens with one attached hydrogen (secondary N) is 1. The summed E-state index contributed by atoms with van der Waals surface area (Å²) < 4.78 is 2.06. The molecule has 0 bridgehead atoms. The minimum atomic E-state index is 0.0136. The third-order valence-electron chi connectivity index (χ3n) is 5.31. The molecule has 0 aliphatic carbocycles. The molecular weight excluding hydrogens is 328 g/mol. The highest BCUT2D eigenvalue weighted by molar-refractivity contribution is 6.08. The first-order chi connectivity index (χ1) is 12.6. The van der Waals surface area contributed by atoms with E-state index in [9.17, 15) is 9.59 Å². The summed E-state index contributed by atoms with van der Waals surface area (Å²) in [6.45, 7) is 4.20. The van der Waals surface area contributed by atoms with Crippen LogP contribution in [0.15, 0.2) is 42.7 Å². The number of amides is 2. The van der Waals surface area contributed by atoms with Crippen molar-refractivity contribution in [3.05, 3.63) is 59.5 Å². The predicted octanol–water partition coefficient (Wildman–Crippen LogP) is 2.41. The topological polar surface area (TPSA) is 61.3 Å². The van der Waals surface area contributed by atoms with Crippen LogP contribution in [0.3, 0.4) is 0 Å². The molecule has 0 saturated carbocycles. The molecule has 3 aromatic rings. The second-order valence-electron chi connectivity index (χ2n) is 6.72. The summed E-state index contributed by atoms with van der Waals surface area (Å²) in [6.07, 6.45) is 3.45. The first-order valence-electron chi connectivity index (χ1n) is 8.83. The Bertz CT molecular complexity index is 963. The van der Waals surface area contributed by atoms with Crippen LogP contribution in [0.2, 0.25) is 0 Å². The molecule has 3 heterocycles. The summed E-state index contributed by atoms with van der Waals surface area (Å²) >= 11 is 0. The van der Waals surface area contributed by atoms with Gasteiger partial charge in [-0.3, -0.25) is 9.59 Å². The quantitative estimate of drug-likeness (QED) is 0.771. The summed E-state index contributed by atoms with van der Waals surface area (Å²) in [4.78, 5) is 32.2. The van der Waals surface area contributed by atoms with Gasteiger partial charge >= 0.3 is 0 Å². The number of H-pyrrole nitrogens is 1. The first-order valence-corrected chi connectivity index (χ1v) is 8.83. The second kappa shape index (κ2) is 6.37. The normalized spacial score (nSPS) is 14.8. The molecule has 1 saturated heterocycles. The Hall–Kier alpha value is -3.02. The molecule has 0 radical (unpaired) electrons. The molecule has 6 heteroatoms. The molecule has 1 aromatic carbocycles. The third kappa shape index (κ3) is 2.58. The Morgan fingerprint density at radius 2 is 1.62 bits per heavy atom. The molecule has 4 rings (SSSR count). The lowest BCUT2D eigenvalue weighted by molar-refractivity contribution is 0.0536. The molecule has 1 fully saturated rings. The number of piperazine rings is 1. The lowest BCUT2D eigenvalue weighted by Crippen LogP contribution is -2.50. The number of rotatable bonds is 2. The average molecular weight is 350 g/mol. The van der Waals surface area contributed by atoms with Gasteiger partial charge in [0.05, 0.1) is 11.1 Å². The van der Waals surface area contributed by atoms with Crippen LogP contribution in [-0.4, -0.2) is 57.3 Å². The molecule has 134 valence electrons. The largest absolute Gasteiger partial charge is 0.367 e. The van der Waals surface area contributed by atoms with Gasteiger partial charge in [0.25, 0.3) is 11.8 Å². The van der Waals surface area contributed by atoms with Crippen molar-refractivity contribution in [1.82, 2.24) is 19.4 Å². The van der Waals surface area contributed by atoms with Crippen molar-refractivity contribution in [3.8, 4) is 0 Å². The third-order valence-corrected chi connectivity index (χ3v) is 5.31. The van der Waals surface area contributed by atoms with Crippen LogP contribution in [0.25, 0.3) is 10.9 Å². The van der Waals surface area contributed by atoms with Gasteiger partial charge in [0.1, 0.15) is 0 Å². The van der Waals surface area contributed by atoms with E-state index >= 15 is 0 Å². The molecule has 0 unspecified atom stereocenters. The number of hydrogen-bond donors (Lipinski definition) is 1. The highest BCUT2D eigenvalue weighted by Gasteiger charge is 2.28. The molecule has 1 aliphatic heterocycles. The molecule has 1 N–H and O–H groups in total. The van der Waals surface area contributed by atoms with Crippen LogP contribution < -0.4 is 0 Å². The van der Waals surface area contributed by atoms with Crippen LogP contribution in [0.4, 0.5) is 0 Å². The SMILES string of the molecule is Cc1c(C(=O)N2CCN(C(=O)c3cc[nH]c3)CC2)c2ccccc2n1C. The van der Waals surface area contributed by atoms with Crippen molar-refractivity contribution >= 4 is 22.7 Å². The minimum Gasteiger partial charge on any atom is -0.367 e. The molecule has 2 aromatic heterocycles. The zero-order chi connectivity index (χ0) is 18.3. The zero-order valence-corrected chi connectivity index (χ0v) is 15.0. The lowest BCUT2D eigenvalue weighted by Gasteiger charge is -2.34. The van der Waals surface area contributed by atoms with Crippen LogP contribution in [-0.2, 0) is 7.05 Å². The van der Waals surface area contributed by atoms with E-state index in [1.165, 1.54) is 0 Å². The van der Waals surface area contributed by atoms with Crippen molar-refractivity contribution in [2.24, 2.45) is 7.05 Å². The van der Waals surface area contributed by atoms with E-state index in [0.29, 0.717) is 31.7 Å². The number of aryl methyl sites for hydroxylation is 1. The summed E-state index contributed by atoms with van der Waals surface area (Å²) in [6, 6.07) is 9.76. The van der Waals surface area contributed by atoms with Gasteiger partial charge in [0.15, 0.2) is 0 Å². The number of nitrogens with zero attached hydrogens (tertiary/aromatic N) is 3. The Morgan fingerprint density at radius 1 is 0.962 bits per heavy atom. The second-order valence-corrected chi connectivity index (χ2v) is 6.72. The fourth-order valence-electron chi connectivity index (χ4n) is 3.70. The monoisotopic (exact) mass is 350 g/mol. The summed E-state index contributed by atoms with van der Waals surface area (Å²) in [7, 11) is 1.99. The first kappa shape index (κ1) is 16.4. The van der Waals surface area contributed by atoms with Gasteiger partial charge in [-0.05, 0) is 19.1 Å². The Balaban J connectivity index is 1.53. The zero-order valence-electron chi connectivity index (χ0n) is 15.0. The highest BCUT2D eigenvalue weighted by Crippen LogP contribution is 2.26. The fraction of sp³-hybridized carbons (Fsp3) is 0.300. The smallest absolute Gasteiger partial charge is 0.256 e. The Labute approximate surface area is 152 Å². The van der Waals surface area contributed by atoms with E-state index in [4.69, 9.17) is 0 Å². The number of hydrogen-bond acceptors (Lipinski definition) is 2. The van der Waals surface area contributed by atoms with Crippen LogP contribution in [0, 0.1) is 6.92 Å². The number of carbonyl (C=O) groups excluding carboxylic acids is 2. The van der Waals surface area contributed by atoms with Crippen LogP contribution in [0.5, 0.6) is 0 Å². The summed E-state index contributed by atoms with van der Waals surface area (Å²) in [5, 5.41) is 0.989. The predicted molar refractivity (Wildman–Crippen MR) is 100 cm³/mol. The molecule has 1 aliphatic rings. The van der Waals surface area contributed by atoms with E-state index < -0.39 is 0 Å². The number of benzene rings is 1. The number of fused-ring (bicyclic) bond motifs is 1. The molecule has 6 nitrogen and oxygen atoms in total. The number of para-hydroxylation sites is 1. The number of carbonyl (C=O) groups is 2. The van der Waals surface area contributed by atoms with Gasteiger partial charge in [-0.15, -0.1) is 0 Å². The van der Waals surface area contributed by atoms with Crippen molar-refractivity contribution in [3.63, 3.8) is 0 Å². The molecular formula is C20H22N4O2. The molecule has 2 amide bonds. The number of aromatic amines is 1. The van der Waals surface area contributed by atoms with Gasteiger partial charge in [-0.1, -0.05) is 18.2 Å². The van der Waals surface area contributed by atoms with E-state index in [-0.39, 0.29) is 11.8 Å². The summed E-state index contributed by atoms with van der Waals surface area (Å²) in [5.74, 6) is 0.0627. The summed E-state index contributed by atoms with van der Waals surface area (Å²) in [5.41, 5.74) is 3.47. The van der Waals surface area contributed by atoms with E-state index in [1.807, 2.05) is 48.0 Å². The van der Waals surface area contributed by atoms with Crippen molar-refractivity contribution in [2.45, 2.75) is 6.92 Å². The minimum absolute atomic E-state index is 0.0136. The molecule has 26 heavy (non-hydrogen) atoms. The van der Waals surface area contributed by atoms with E-state index in [1.54, 1.807) is 18.5 Å². The fourth-order valence-corrected chi connectivity index (χ4v) is 3.70. The number of aromatic nitrogens is 2. The average Bonchev–Trinajstić information content (AvgIpc) is 3.29. The Morgan fingerprint density at radius 3 is 2.27 bits per heavy atom. The lowest BCUT2D eigenvalue weighted by atomic mass is 10.1. The maximum atomic E-state index is 13.2. The van der Waals surface area contributed by atoms with E-state index in [0.717, 1.165) is 22.2 Å². The van der Waals surface area contributed by atoms with Crippen LogP contribution >= 0.6 is 0 Å². The van der Waals surface area contributed by atoms with Gasteiger partial charge < -0.3 is 19.4 Å². The molecule has 0 atom stereocenters. The van der Waals surface area contributed by atoms with E-state index in [2.05, 4.69) is 9.55 Å². The Kier molecular flexibility index (Phi) is 4.03. The van der Waals surface area contributed by atoms with Gasteiger partial charge in [-0.25, -0.2) is 0 Å². The highest BCUT2D eigenvalue weighted by atomic mass is 16.2. The molecule has 0 spiro atoms. The maximum Gasteiger partial charge on any atom is 0.256 e. The van der Waals surface area contributed by atoms with Crippen LogP contribution in [0.1, 0.15) is 26.4 Å². The van der Waals surface area contributed by atoms with Gasteiger partial charge in [0, 0.05) is 62.2 Å². The van der Waals surface area contributed by atoms with Gasteiger partial charge in [0.2, 0.25) is 0 Å². The van der Waals surface area contributed by atoms with Crippen molar-refractivity contribution in [1.29, 1.82) is 0 Å². The van der Waals surface area contributed by atoms with Crippen molar-refractivity contribution < 1.29 is 9.59 Å². The van der Waals surface area contributed by atoms with Gasteiger partial charge in [-0.2, -0.15) is 0 Å².